The van der Waals surface area contributed by atoms with Gasteiger partial charge < -0.3 is 9.88 Å². The first-order chi connectivity index (χ1) is 12.9. The molecule has 2 aromatic heterocycles. The molecular formula is C20H23N5OS. The quantitative estimate of drug-likeness (QED) is 0.678. The molecule has 0 aliphatic heterocycles. The molecule has 2 heterocycles. The second-order valence-electron chi connectivity index (χ2n) is 6.62. The number of hydrogen-bond donors (Lipinski definition) is 1. The zero-order valence-electron chi connectivity index (χ0n) is 16.1. The Morgan fingerprint density at radius 3 is 2.37 bits per heavy atom. The van der Waals surface area contributed by atoms with Crippen LogP contribution in [0.25, 0.3) is 11.4 Å². The van der Waals surface area contributed by atoms with Gasteiger partial charge in [0.05, 0.1) is 5.25 Å². The van der Waals surface area contributed by atoms with E-state index in [9.17, 15) is 4.79 Å². The van der Waals surface area contributed by atoms with Gasteiger partial charge in [0.1, 0.15) is 0 Å². The fourth-order valence-corrected chi connectivity index (χ4v) is 3.80. The van der Waals surface area contributed by atoms with Crippen LogP contribution in [0.15, 0.2) is 41.8 Å². The van der Waals surface area contributed by atoms with Crippen molar-refractivity contribution in [2.75, 3.05) is 5.32 Å². The molecule has 0 unspecified atom stereocenters. The topological polar surface area (TPSA) is 72.7 Å². The minimum atomic E-state index is -0.307. The van der Waals surface area contributed by atoms with E-state index in [0.717, 1.165) is 28.2 Å². The Bertz CT molecular complexity index is 945. The summed E-state index contributed by atoms with van der Waals surface area (Å²) >= 11 is 1.39. The number of aromatic nitrogens is 4. The lowest BCUT2D eigenvalue weighted by atomic mass is 10.1. The van der Waals surface area contributed by atoms with Crippen molar-refractivity contribution in [2.24, 2.45) is 7.05 Å². The number of amides is 1. The summed E-state index contributed by atoms with van der Waals surface area (Å²) in [6.45, 7) is 7.95. The molecule has 0 radical (unpaired) electrons. The smallest absolute Gasteiger partial charge is 0.237 e. The monoisotopic (exact) mass is 381 g/mol. The number of hydrogen-bond acceptors (Lipinski definition) is 5. The number of carbonyl (C=O) groups excluding carboxylic acids is 1. The Balaban J connectivity index is 1.73. The molecule has 1 atom stereocenters. The maximum atomic E-state index is 12.7. The van der Waals surface area contributed by atoms with Crippen molar-refractivity contribution in [2.45, 2.75) is 38.1 Å². The van der Waals surface area contributed by atoms with Gasteiger partial charge in [0.2, 0.25) is 5.91 Å². The second kappa shape index (κ2) is 7.92. The lowest BCUT2D eigenvalue weighted by Gasteiger charge is -2.16. The number of nitrogens with one attached hydrogen (secondary N) is 1. The van der Waals surface area contributed by atoms with E-state index in [4.69, 9.17) is 0 Å². The Morgan fingerprint density at radius 2 is 1.74 bits per heavy atom. The number of rotatable bonds is 5. The van der Waals surface area contributed by atoms with Gasteiger partial charge in [-0.25, -0.2) is 0 Å². The average Bonchev–Trinajstić information content (AvgIpc) is 2.99. The normalized spacial score (nSPS) is 12.0. The van der Waals surface area contributed by atoms with Crippen molar-refractivity contribution in [3.8, 4) is 11.4 Å². The van der Waals surface area contributed by atoms with Gasteiger partial charge in [0, 0.05) is 30.7 Å². The van der Waals surface area contributed by atoms with E-state index in [1.54, 1.807) is 12.4 Å². The number of anilines is 1. The summed E-state index contributed by atoms with van der Waals surface area (Å²) < 4.78 is 1.89. The number of carbonyl (C=O) groups is 1. The van der Waals surface area contributed by atoms with E-state index < -0.39 is 0 Å². The van der Waals surface area contributed by atoms with Crippen LogP contribution in [0.1, 0.15) is 23.6 Å². The van der Waals surface area contributed by atoms with Crippen molar-refractivity contribution in [1.82, 2.24) is 19.7 Å². The van der Waals surface area contributed by atoms with E-state index in [-0.39, 0.29) is 11.2 Å². The Labute approximate surface area is 163 Å². The molecule has 0 bridgehead atoms. The lowest BCUT2D eigenvalue weighted by Crippen LogP contribution is -2.23. The fraction of sp³-hybridized carbons (Fsp3) is 0.300. The van der Waals surface area contributed by atoms with E-state index >= 15 is 0 Å². The number of aryl methyl sites for hydroxylation is 3. The van der Waals surface area contributed by atoms with E-state index in [1.165, 1.54) is 17.3 Å². The molecule has 1 N–H and O–H groups in total. The van der Waals surface area contributed by atoms with Crippen LogP contribution in [-0.4, -0.2) is 30.9 Å². The molecule has 3 rings (SSSR count). The number of nitrogens with zero attached hydrogens (tertiary/aromatic N) is 4. The summed E-state index contributed by atoms with van der Waals surface area (Å²) in [6, 6.07) is 7.92. The Hall–Kier alpha value is -2.67. The van der Waals surface area contributed by atoms with E-state index in [1.807, 2.05) is 44.5 Å². The van der Waals surface area contributed by atoms with Crippen LogP contribution in [0, 0.1) is 20.8 Å². The molecule has 27 heavy (non-hydrogen) atoms. The van der Waals surface area contributed by atoms with Crippen LogP contribution in [-0.2, 0) is 11.8 Å². The van der Waals surface area contributed by atoms with Gasteiger partial charge in [0.15, 0.2) is 11.0 Å². The van der Waals surface area contributed by atoms with Crippen LogP contribution in [0.4, 0.5) is 5.69 Å². The van der Waals surface area contributed by atoms with Gasteiger partial charge in [-0.2, -0.15) is 0 Å². The highest BCUT2D eigenvalue weighted by molar-refractivity contribution is 8.00. The standard InChI is InChI=1S/C20H23N5OS/c1-12-10-13(2)17(14(3)11-12)22-19(26)15(4)27-20-24-23-18(25(20)5)16-6-8-21-9-7-16/h6-11,15H,1-5H3,(H,22,26)/t15-/m0/s1. The highest BCUT2D eigenvalue weighted by Gasteiger charge is 2.20. The second-order valence-corrected chi connectivity index (χ2v) is 7.93. The molecule has 1 amide bonds. The molecular weight excluding hydrogens is 358 g/mol. The predicted octanol–water partition coefficient (Wildman–Crippen LogP) is 3.92. The van der Waals surface area contributed by atoms with Gasteiger partial charge in [-0.15, -0.1) is 10.2 Å². The van der Waals surface area contributed by atoms with E-state index in [2.05, 4.69) is 39.6 Å². The van der Waals surface area contributed by atoms with Crippen molar-refractivity contribution in [3.63, 3.8) is 0 Å². The Morgan fingerprint density at radius 1 is 1.11 bits per heavy atom. The van der Waals surface area contributed by atoms with Gasteiger partial charge in [-0.1, -0.05) is 29.5 Å². The molecule has 0 aliphatic carbocycles. The number of benzene rings is 1. The zero-order chi connectivity index (χ0) is 19.6. The zero-order valence-corrected chi connectivity index (χ0v) is 17.0. The maximum Gasteiger partial charge on any atom is 0.237 e. The summed E-state index contributed by atoms with van der Waals surface area (Å²) in [7, 11) is 1.90. The van der Waals surface area contributed by atoms with Gasteiger partial charge in [0.25, 0.3) is 0 Å². The van der Waals surface area contributed by atoms with Crippen LogP contribution in [0.3, 0.4) is 0 Å². The molecule has 0 saturated heterocycles. The third kappa shape index (κ3) is 4.19. The molecule has 0 saturated carbocycles. The molecule has 0 aliphatic rings. The third-order valence-corrected chi connectivity index (χ3v) is 5.48. The predicted molar refractivity (Wildman–Crippen MR) is 109 cm³/mol. The third-order valence-electron chi connectivity index (χ3n) is 4.35. The summed E-state index contributed by atoms with van der Waals surface area (Å²) in [5, 5.41) is 11.9. The van der Waals surface area contributed by atoms with Crippen LogP contribution in [0.2, 0.25) is 0 Å². The molecule has 140 valence electrons. The van der Waals surface area contributed by atoms with Gasteiger partial charge >= 0.3 is 0 Å². The van der Waals surface area contributed by atoms with Crippen molar-refractivity contribution in [3.05, 3.63) is 53.3 Å². The summed E-state index contributed by atoms with van der Waals surface area (Å²) in [4.78, 5) is 16.7. The van der Waals surface area contributed by atoms with Crippen molar-refractivity contribution < 1.29 is 4.79 Å². The number of thioether (sulfide) groups is 1. The average molecular weight is 382 g/mol. The first kappa shape index (κ1) is 19.1. The highest BCUT2D eigenvalue weighted by Crippen LogP contribution is 2.27. The summed E-state index contributed by atoms with van der Waals surface area (Å²) in [5.41, 5.74) is 5.14. The van der Waals surface area contributed by atoms with Crippen molar-refractivity contribution >= 4 is 23.4 Å². The fourth-order valence-electron chi connectivity index (χ4n) is 2.98. The summed E-state index contributed by atoms with van der Waals surface area (Å²) in [5.74, 6) is 0.696. The molecule has 0 spiro atoms. The largest absolute Gasteiger partial charge is 0.325 e. The lowest BCUT2D eigenvalue weighted by molar-refractivity contribution is -0.115. The summed E-state index contributed by atoms with van der Waals surface area (Å²) in [6.07, 6.45) is 3.44. The first-order valence-corrected chi connectivity index (χ1v) is 9.60. The van der Waals surface area contributed by atoms with Gasteiger partial charge in [-0.3, -0.25) is 9.78 Å². The molecule has 0 fully saturated rings. The van der Waals surface area contributed by atoms with Crippen LogP contribution >= 0.6 is 11.8 Å². The molecule has 3 aromatic rings. The SMILES string of the molecule is Cc1cc(C)c(NC(=O)[C@H](C)Sc2nnc(-c3ccncc3)n2C)c(C)c1. The Kier molecular flexibility index (Phi) is 5.60. The molecule has 6 nitrogen and oxygen atoms in total. The van der Waals surface area contributed by atoms with Crippen molar-refractivity contribution in [1.29, 1.82) is 0 Å². The molecule has 7 heteroatoms. The first-order valence-electron chi connectivity index (χ1n) is 8.72. The maximum absolute atomic E-state index is 12.7. The van der Waals surface area contributed by atoms with E-state index in [0.29, 0.717) is 5.16 Å². The minimum absolute atomic E-state index is 0.0523. The minimum Gasteiger partial charge on any atom is -0.325 e. The molecule has 1 aromatic carbocycles. The van der Waals surface area contributed by atoms with Gasteiger partial charge in [-0.05, 0) is 51.0 Å². The number of pyridine rings is 1. The van der Waals surface area contributed by atoms with Crippen LogP contribution < -0.4 is 5.32 Å². The van der Waals surface area contributed by atoms with Crippen LogP contribution in [0.5, 0.6) is 0 Å². The highest BCUT2D eigenvalue weighted by atomic mass is 32.2.